The number of carbonyl (C=O) groups is 1. The fourth-order valence-corrected chi connectivity index (χ4v) is 4.62. The molecule has 4 aromatic rings. The number of aromatic hydroxyl groups is 1. The van der Waals surface area contributed by atoms with Crippen molar-refractivity contribution in [3.05, 3.63) is 54.6 Å². The summed E-state index contributed by atoms with van der Waals surface area (Å²) in [5, 5.41) is 20.1. The molecule has 4 heterocycles. The lowest BCUT2D eigenvalue weighted by Crippen LogP contribution is -2.43. The number of piperazine rings is 1. The van der Waals surface area contributed by atoms with Crippen molar-refractivity contribution in [3.8, 4) is 16.4 Å². The van der Waals surface area contributed by atoms with Crippen LogP contribution in [-0.4, -0.2) is 75.4 Å². The Morgan fingerprint density at radius 2 is 1.86 bits per heavy atom. The zero-order valence-corrected chi connectivity index (χ0v) is 20.5. The van der Waals surface area contributed by atoms with Gasteiger partial charge in [0.15, 0.2) is 5.82 Å². The molecule has 0 radical (unpaired) electrons. The van der Waals surface area contributed by atoms with Crippen LogP contribution in [0, 0.1) is 0 Å². The maximum Gasteiger partial charge on any atom is 0.490 e. The molecule has 0 bridgehead atoms. The highest BCUT2D eigenvalue weighted by Crippen LogP contribution is 2.37. The van der Waals surface area contributed by atoms with Crippen LogP contribution in [0.1, 0.15) is 5.76 Å². The van der Waals surface area contributed by atoms with Crippen molar-refractivity contribution in [2.24, 2.45) is 0 Å². The zero-order chi connectivity index (χ0) is 26.6. The summed E-state index contributed by atoms with van der Waals surface area (Å²) < 4.78 is 38.8. The number of alkyl halides is 3. The van der Waals surface area contributed by atoms with Crippen LogP contribution in [0.2, 0.25) is 0 Å². The molecule has 196 valence electrons. The number of fused-ring (bicyclic) bond motifs is 1. The number of aliphatic carboxylic acids is 1. The number of halogens is 3. The molecule has 1 aliphatic rings. The molecule has 0 amide bonds. The van der Waals surface area contributed by atoms with Crippen LogP contribution in [0.5, 0.6) is 5.75 Å². The number of aromatic nitrogens is 2. The van der Waals surface area contributed by atoms with E-state index >= 15 is 0 Å². The van der Waals surface area contributed by atoms with Crippen LogP contribution in [0.15, 0.2) is 53.2 Å². The molecule has 1 fully saturated rings. The minimum atomic E-state index is -5.08. The summed E-state index contributed by atoms with van der Waals surface area (Å²) in [6.45, 7) is 5.15. The molecule has 13 heteroatoms. The Kier molecular flexibility index (Phi) is 7.95. The van der Waals surface area contributed by atoms with Crippen LogP contribution in [0.3, 0.4) is 0 Å². The molecule has 37 heavy (non-hydrogen) atoms. The normalized spacial score (nSPS) is 14.8. The van der Waals surface area contributed by atoms with Crippen molar-refractivity contribution in [1.82, 2.24) is 19.8 Å². The van der Waals surface area contributed by atoms with Crippen molar-refractivity contribution in [3.63, 3.8) is 0 Å². The lowest BCUT2D eigenvalue weighted by atomic mass is 10.3. The highest BCUT2D eigenvalue weighted by molar-refractivity contribution is 7.22. The molecule has 3 N–H and O–H groups in total. The Hall–Kier alpha value is -3.68. The molecule has 1 aromatic carbocycles. The van der Waals surface area contributed by atoms with E-state index in [4.69, 9.17) is 14.3 Å². The number of rotatable bonds is 5. The van der Waals surface area contributed by atoms with E-state index in [1.807, 2.05) is 18.2 Å². The number of phenolic OH excluding ortho intramolecular Hbond substituents is 1. The molecule has 1 aliphatic heterocycles. The summed E-state index contributed by atoms with van der Waals surface area (Å²) in [5.74, 6) is 0.000774. The lowest BCUT2D eigenvalue weighted by Gasteiger charge is -2.31. The second-order valence-electron chi connectivity index (χ2n) is 8.37. The highest BCUT2D eigenvalue weighted by atomic mass is 32.1. The monoisotopic (exact) mass is 535 g/mol. The van der Waals surface area contributed by atoms with E-state index in [0.717, 1.165) is 65.0 Å². The third-order valence-electron chi connectivity index (χ3n) is 5.54. The van der Waals surface area contributed by atoms with Gasteiger partial charge >= 0.3 is 12.1 Å². The van der Waals surface area contributed by atoms with Gasteiger partial charge in [0.2, 0.25) is 0 Å². The molecule has 0 unspecified atom stereocenters. The number of carboxylic acid groups (broad SMARTS) is 1. The van der Waals surface area contributed by atoms with Crippen LogP contribution in [-0.2, 0) is 11.3 Å². The van der Waals surface area contributed by atoms with Crippen molar-refractivity contribution in [2.75, 3.05) is 38.5 Å². The number of nitrogens with zero attached hydrogens (tertiary/aromatic N) is 4. The number of likely N-dealkylation sites (N-methyl/N-ethyl adjacent to an activating group) is 1. The van der Waals surface area contributed by atoms with E-state index in [2.05, 4.69) is 38.2 Å². The van der Waals surface area contributed by atoms with E-state index in [1.54, 1.807) is 35.9 Å². The number of hydrogen-bond donors (Lipinski definition) is 3. The number of phenols is 1. The average Bonchev–Trinajstić information content (AvgIpc) is 3.48. The largest absolute Gasteiger partial charge is 0.508 e. The minimum Gasteiger partial charge on any atom is -0.508 e. The molecule has 0 aliphatic carbocycles. The first-order valence-corrected chi connectivity index (χ1v) is 12.0. The third kappa shape index (κ3) is 6.96. The minimum absolute atomic E-state index is 0.209. The summed E-state index contributed by atoms with van der Waals surface area (Å²) in [4.78, 5) is 23.5. The quantitative estimate of drug-likeness (QED) is 0.332. The summed E-state index contributed by atoms with van der Waals surface area (Å²) in [6.07, 6.45) is -3.54. The van der Waals surface area contributed by atoms with Crippen molar-refractivity contribution >= 4 is 39.0 Å². The van der Waals surface area contributed by atoms with E-state index in [-0.39, 0.29) is 5.75 Å². The van der Waals surface area contributed by atoms with Crippen molar-refractivity contribution in [2.45, 2.75) is 12.7 Å². The molecular weight excluding hydrogens is 511 g/mol. The Morgan fingerprint density at radius 1 is 1.14 bits per heavy atom. The summed E-state index contributed by atoms with van der Waals surface area (Å²) in [7, 11) is 2.16. The number of benzene rings is 1. The fraction of sp³-hybridized carbons (Fsp3) is 0.292. The fourth-order valence-electron chi connectivity index (χ4n) is 3.61. The average molecular weight is 536 g/mol. The van der Waals surface area contributed by atoms with Gasteiger partial charge in [-0.05, 0) is 37.4 Å². The van der Waals surface area contributed by atoms with Gasteiger partial charge in [-0.3, -0.25) is 4.90 Å². The molecule has 0 spiro atoms. The smallest absolute Gasteiger partial charge is 0.490 e. The predicted molar refractivity (Wildman–Crippen MR) is 133 cm³/mol. The van der Waals surface area contributed by atoms with Crippen molar-refractivity contribution < 1.29 is 32.6 Å². The maximum atomic E-state index is 10.6. The second kappa shape index (κ2) is 11.2. The lowest BCUT2D eigenvalue weighted by molar-refractivity contribution is -0.192. The Balaban J connectivity index is 0.000000405. The number of thiophene rings is 1. The van der Waals surface area contributed by atoms with Gasteiger partial charge < -0.3 is 24.8 Å². The Bertz CT molecular complexity index is 1370. The van der Waals surface area contributed by atoms with Gasteiger partial charge in [0.25, 0.3) is 0 Å². The zero-order valence-electron chi connectivity index (χ0n) is 19.7. The van der Waals surface area contributed by atoms with Gasteiger partial charge in [-0.2, -0.15) is 13.2 Å². The molecule has 0 atom stereocenters. The molecule has 3 aromatic heterocycles. The first-order chi connectivity index (χ1) is 17.6. The van der Waals surface area contributed by atoms with Crippen LogP contribution < -0.4 is 5.32 Å². The molecule has 1 saturated heterocycles. The number of nitrogens with one attached hydrogen (secondary N) is 1. The van der Waals surface area contributed by atoms with Crippen LogP contribution >= 0.6 is 11.3 Å². The van der Waals surface area contributed by atoms with Gasteiger partial charge in [0.1, 0.15) is 23.6 Å². The highest BCUT2D eigenvalue weighted by Gasteiger charge is 2.38. The summed E-state index contributed by atoms with van der Waals surface area (Å²) in [6, 6.07) is 13.1. The van der Waals surface area contributed by atoms with Crippen molar-refractivity contribution in [1.29, 1.82) is 0 Å². The Labute approximate surface area is 213 Å². The summed E-state index contributed by atoms with van der Waals surface area (Å²) >= 11 is 1.60. The van der Waals surface area contributed by atoms with Crippen LogP contribution in [0.4, 0.5) is 24.7 Å². The van der Waals surface area contributed by atoms with E-state index < -0.39 is 12.1 Å². The van der Waals surface area contributed by atoms with Gasteiger partial charge in [-0.25, -0.2) is 14.8 Å². The molecular formula is C24H24F3N5O4S. The maximum absolute atomic E-state index is 10.6. The van der Waals surface area contributed by atoms with E-state index in [0.29, 0.717) is 5.82 Å². The van der Waals surface area contributed by atoms with E-state index in [1.165, 1.54) is 0 Å². The first kappa shape index (κ1) is 26.4. The third-order valence-corrected chi connectivity index (χ3v) is 6.69. The first-order valence-electron chi connectivity index (χ1n) is 11.2. The Morgan fingerprint density at radius 3 is 2.54 bits per heavy atom. The predicted octanol–water partition coefficient (Wildman–Crippen LogP) is 4.78. The number of carboxylic acids is 1. The second-order valence-corrected chi connectivity index (χ2v) is 9.42. The van der Waals surface area contributed by atoms with Gasteiger partial charge in [0.05, 0.1) is 21.6 Å². The van der Waals surface area contributed by atoms with Crippen LogP contribution in [0.25, 0.3) is 20.9 Å². The number of furan rings is 1. The molecule has 9 nitrogen and oxygen atoms in total. The number of anilines is 2. The topological polar surface area (TPSA) is 115 Å². The van der Waals surface area contributed by atoms with Gasteiger partial charge in [-0.15, -0.1) is 11.3 Å². The summed E-state index contributed by atoms with van der Waals surface area (Å²) in [5.41, 5.74) is 1.64. The van der Waals surface area contributed by atoms with E-state index in [9.17, 15) is 18.3 Å². The standard InChI is InChI=1S/C22H23N5O2S.C2HF3O2/c1-26-7-9-27(10-8-26)13-17-5-6-19(29-17)20-12-18-21(30-20)22(24-14-23-18)25-15-3-2-4-16(28)11-15;3-2(4,5)1(6)7/h2-6,11-12,14,28H,7-10,13H2,1H3,(H,23,24,25);(H,6,7). The SMILES string of the molecule is CN1CCN(Cc2ccc(-c3cc4ncnc(Nc5cccc(O)c5)c4s3)o2)CC1.O=C(O)C(F)(F)F. The molecule has 0 saturated carbocycles. The number of hydrogen-bond acceptors (Lipinski definition) is 9. The van der Waals surface area contributed by atoms with Gasteiger partial charge in [0, 0.05) is 37.9 Å². The van der Waals surface area contributed by atoms with Gasteiger partial charge in [-0.1, -0.05) is 6.07 Å². The molecule has 5 rings (SSSR count).